The molecule has 0 saturated heterocycles. The topological polar surface area (TPSA) is 49.3 Å². The summed E-state index contributed by atoms with van der Waals surface area (Å²) in [4.78, 5) is 12.8. The molecular formula is C17H22ClNO2. The van der Waals surface area contributed by atoms with Crippen LogP contribution in [-0.4, -0.2) is 23.2 Å². The Balaban J connectivity index is 1.77. The second kappa shape index (κ2) is 5.98. The standard InChI is InChI=1S/C17H22ClNO2/c18-13-6-3-5-12(11-13)17(9-4-10-17)16(21)19-14-7-1-2-8-15(14)20/h3,5-6,11,14-15,20H,1-2,4,7-10H2,(H,19,21)/t14-,15-/m1/s1. The van der Waals surface area contributed by atoms with E-state index in [-0.39, 0.29) is 11.9 Å². The minimum atomic E-state index is -0.442. The third-order valence-electron chi connectivity index (χ3n) is 5.06. The summed E-state index contributed by atoms with van der Waals surface area (Å²) in [6, 6.07) is 7.53. The molecule has 1 aromatic rings. The van der Waals surface area contributed by atoms with Crippen molar-refractivity contribution in [1.82, 2.24) is 5.32 Å². The highest BCUT2D eigenvalue weighted by molar-refractivity contribution is 6.30. The third-order valence-corrected chi connectivity index (χ3v) is 5.30. The molecule has 0 radical (unpaired) electrons. The zero-order valence-corrected chi connectivity index (χ0v) is 12.9. The van der Waals surface area contributed by atoms with Crippen LogP contribution in [0.1, 0.15) is 50.5 Å². The lowest BCUT2D eigenvalue weighted by Gasteiger charge is -2.42. The second-order valence-corrected chi connectivity index (χ2v) is 6.81. The number of aliphatic hydroxyl groups is 1. The highest BCUT2D eigenvalue weighted by Crippen LogP contribution is 2.44. The minimum Gasteiger partial charge on any atom is -0.391 e. The maximum atomic E-state index is 12.8. The van der Waals surface area contributed by atoms with Gasteiger partial charge in [-0.1, -0.05) is 43.0 Å². The van der Waals surface area contributed by atoms with Crippen molar-refractivity contribution >= 4 is 17.5 Å². The molecule has 3 nitrogen and oxygen atoms in total. The molecule has 1 aromatic carbocycles. The van der Waals surface area contributed by atoms with E-state index in [0.29, 0.717) is 5.02 Å². The number of nitrogens with one attached hydrogen (secondary N) is 1. The number of carbonyl (C=O) groups is 1. The van der Waals surface area contributed by atoms with Crippen molar-refractivity contribution in [2.45, 2.75) is 62.5 Å². The van der Waals surface area contributed by atoms with Gasteiger partial charge in [-0.05, 0) is 43.4 Å². The zero-order chi connectivity index (χ0) is 14.9. The molecule has 0 heterocycles. The normalized spacial score (nSPS) is 27.7. The quantitative estimate of drug-likeness (QED) is 0.901. The molecule has 2 aliphatic carbocycles. The number of halogens is 1. The molecule has 21 heavy (non-hydrogen) atoms. The lowest BCUT2D eigenvalue weighted by Crippen LogP contribution is -2.55. The van der Waals surface area contributed by atoms with Gasteiger partial charge < -0.3 is 10.4 Å². The monoisotopic (exact) mass is 307 g/mol. The molecule has 2 fully saturated rings. The Labute approximate surface area is 130 Å². The number of amides is 1. The van der Waals surface area contributed by atoms with Gasteiger partial charge in [-0.2, -0.15) is 0 Å². The first kappa shape index (κ1) is 14.9. The minimum absolute atomic E-state index is 0.0574. The van der Waals surface area contributed by atoms with E-state index in [9.17, 15) is 9.90 Å². The van der Waals surface area contributed by atoms with Gasteiger partial charge in [0.15, 0.2) is 0 Å². The predicted molar refractivity (Wildman–Crippen MR) is 83.4 cm³/mol. The molecule has 0 aromatic heterocycles. The van der Waals surface area contributed by atoms with Gasteiger partial charge in [0.25, 0.3) is 0 Å². The summed E-state index contributed by atoms with van der Waals surface area (Å²) < 4.78 is 0. The first-order chi connectivity index (χ1) is 10.1. The first-order valence-electron chi connectivity index (χ1n) is 7.87. The van der Waals surface area contributed by atoms with Crippen molar-refractivity contribution in [3.05, 3.63) is 34.9 Å². The molecule has 0 bridgehead atoms. The molecule has 2 aliphatic rings. The lowest BCUT2D eigenvalue weighted by atomic mass is 9.63. The van der Waals surface area contributed by atoms with Crippen LogP contribution < -0.4 is 5.32 Å². The first-order valence-corrected chi connectivity index (χ1v) is 8.25. The van der Waals surface area contributed by atoms with Crippen molar-refractivity contribution in [1.29, 1.82) is 0 Å². The third kappa shape index (κ3) is 2.82. The highest BCUT2D eigenvalue weighted by Gasteiger charge is 2.46. The van der Waals surface area contributed by atoms with Crippen molar-refractivity contribution in [3.63, 3.8) is 0 Å². The van der Waals surface area contributed by atoms with Crippen LogP contribution >= 0.6 is 11.6 Å². The van der Waals surface area contributed by atoms with Gasteiger partial charge >= 0.3 is 0 Å². The molecule has 2 atom stereocenters. The zero-order valence-electron chi connectivity index (χ0n) is 12.1. The molecule has 2 saturated carbocycles. The van der Waals surface area contributed by atoms with E-state index in [1.54, 1.807) is 0 Å². The number of aliphatic hydroxyl groups excluding tert-OH is 1. The van der Waals surface area contributed by atoms with Crippen LogP contribution in [0.25, 0.3) is 0 Å². The van der Waals surface area contributed by atoms with Gasteiger partial charge in [0.2, 0.25) is 5.91 Å². The van der Waals surface area contributed by atoms with Crippen LogP contribution in [0.5, 0.6) is 0 Å². The Kier molecular flexibility index (Phi) is 4.23. The molecule has 0 spiro atoms. The Bertz CT molecular complexity index is 527. The molecule has 1 amide bonds. The highest BCUT2D eigenvalue weighted by atomic mass is 35.5. The fraction of sp³-hybridized carbons (Fsp3) is 0.588. The van der Waals surface area contributed by atoms with Gasteiger partial charge in [-0.3, -0.25) is 4.79 Å². The molecule has 114 valence electrons. The molecule has 0 unspecified atom stereocenters. The van der Waals surface area contributed by atoms with Gasteiger partial charge in [0.1, 0.15) is 0 Å². The van der Waals surface area contributed by atoms with Gasteiger partial charge in [-0.15, -0.1) is 0 Å². The second-order valence-electron chi connectivity index (χ2n) is 6.38. The average molecular weight is 308 g/mol. The Morgan fingerprint density at radius 1 is 1.24 bits per heavy atom. The van der Waals surface area contributed by atoms with E-state index < -0.39 is 11.5 Å². The van der Waals surface area contributed by atoms with Gasteiger partial charge in [0, 0.05) is 5.02 Å². The molecule has 3 rings (SSSR count). The molecular weight excluding hydrogens is 286 g/mol. The largest absolute Gasteiger partial charge is 0.391 e. The van der Waals surface area contributed by atoms with E-state index in [2.05, 4.69) is 5.32 Å². The van der Waals surface area contributed by atoms with Crippen LogP contribution in [0.4, 0.5) is 0 Å². The fourth-order valence-electron chi connectivity index (χ4n) is 3.55. The smallest absolute Gasteiger partial charge is 0.230 e. The van der Waals surface area contributed by atoms with Crippen LogP contribution in [0.15, 0.2) is 24.3 Å². The summed E-state index contributed by atoms with van der Waals surface area (Å²) in [5.41, 5.74) is 0.561. The van der Waals surface area contributed by atoms with E-state index in [1.165, 1.54) is 0 Å². The van der Waals surface area contributed by atoms with Gasteiger partial charge in [0.05, 0.1) is 17.6 Å². The van der Waals surface area contributed by atoms with E-state index in [0.717, 1.165) is 50.5 Å². The van der Waals surface area contributed by atoms with Crippen LogP contribution in [0, 0.1) is 0 Å². The van der Waals surface area contributed by atoms with Crippen molar-refractivity contribution in [2.75, 3.05) is 0 Å². The van der Waals surface area contributed by atoms with Crippen LogP contribution in [0.3, 0.4) is 0 Å². The van der Waals surface area contributed by atoms with Crippen molar-refractivity contribution in [3.8, 4) is 0 Å². The summed E-state index contributed by atoms with van der Waals surface area (Å²) in [5, 5.41) is 13.8. The predicted octanol–water partition coefficient (Wildman–Crippen LogP) is 3.18. The summed E-state index contributed by atoms with van der Waals surface area (Å²) >= 11 is 6.08. The molecule has 4 heteroatoms. The number of hydrogen-bond donors (Lipinski definition) is 2. The maximum absolute atomic E-state index is 12.8. The number of rotatable bonds is 3. The summed E-state index contributed by atoms with van der Waals surface area (Å²) in [6.45, 7) is 0. The lowest BCUT2D eigenvalue weighted by molar-refractivity contribution is -0.132. The molecule has 2 N–H and O–H groups in total. The number of carbonyl (C=O) groups excluding carboxylic acids is 1. The summed E-state index contributed by atoms with van der Waals surface area (Å²) in [5.74, 6) is 0.0574. The maximum Gasteiger partial charge on any atom is 0.230 e. The Hall–Kier alpha value is -1.06. The molecule has 0 aliphatic heterocycles. The average Bonchev–Trinajstić information content (AvgIpc) is 2.40. The van der Waals surface area contributed by atoms with E-state index >= 15 is 0 Å². The Morgan fingerprint density at radius 2 is 2.00 bits per heavy atom. The Morgan fingerprint density at radius 3 is 2.62 bits per heavy atom. The number of hydrogen-bond acceptors (Lipinski definition) is 2. The van der Waals surface area contributed by atoms with Gasteiger partial charge in [-0.25, -0.2) is 0 Å². The van der Waals surface area contributed by atoms with Crippen LogP contribution in [0.2, 0.25) is 5.02 Å². The summed E-state index contributed by atoms with van der Waals surface area (Å²) in [6.07, 6.45) is 6.17. The summed E-state index contributed by atoms with van der Waals surface area (Å²) in [7, 11) is 0. The SMILES string of the molecule is O=C(N[C@@H]1CCCC[C@H]1O)C1(c2cccc(Cl)c2)CCC1. The van der Waals surface area contributed by atoms with Crippen LogP contribution in [-0.2, 0) is 10.2 Å². The van der Waals surface area contributed by atoms with Crippen molar-refractivity contribution in [2.24, 2.45) is 0 Å². The number of benzene rings is 1. The van der Waals surface area contributed by atoms with Crippen molar-refractivity contribution < 1.29 is 9.90 Å². The van der Waals surface area contributed by atoms with E-state index in [4.69, 9.17) is 11.6 Å². The fourth-order valence-corrected chi connectivity index (χ4v) is 3.74. The van der Waals surface area contributed by atoms with E-state index in [1.807, 2.05) is 24.3 Å².